The van der Waals surface area contributed by atoms with Crippen LogP contribution in [0.3, 0.4) is 0 Å². The molecule has 0 aromatic carbocycles. The molecule has 0 amide bonds. The molecule has 0 aliphatic carbocycles. The van der Waals surface area contributed by atoms with Gasteiger partial charge in [-0.05, 0) is 13.3 Å². The highest BCUT2D eigenvalue weighted by Gasteiger charge is 2.76. The molecular weight excluding hydrogens is 236 g/mol. The average molecular weight is 244 g/mol. The predicted molar refractivity (Wildman–Crippen MR) is 35.5 cm³/mol. The van der Waals surface area contributed by atoms with Crippen LogP contribution in [0.15, 0.2) is 0 Å². The molecule has 0 spiro atoms. The van der Waals surface area contributed by atoms with E-state index in [1.807, 2.05) is 0 Å². The van der Waals surface area contributed by atoms with E-state index in [4.69, 9.17) is 0 Å². The molecule has 0 aliphatic heterocycles. The molecule has 1 unspecified atom stereocenters. The topological polar surface area (TPSA) is 0 Å². The molecule has 0 saturated carbocycles. The van der Waals surface area contributed by atoms with Crippen molar-refractivity contribution in [3.63, 3.8) is 0 Å². The minimum absolute atomic E-state index is 0.138. The molecule has 92 valence electrons. The fourth-order valence-electron chi connectivity index (χ4n) is 0.913. The van der Waals surface area contributed by atoms with Crippen LogP contribution in [-0.4, -0.2) is 18.3 Å². The third kappa shape index (κ3) is 2.03. The Morgan fingerprint density at radius 1 is 0.733 bits per heavy atom. The second kappa shape index (κ2) is 3.48. The van der Waals surface area contributed by atoms with Gasteiger partial charge in [0.15, 0.2) is 0 Å². The smallest absolute Gasteiger partial charge is 0.195 e. The summed E-state index contributed by atoms with van der Waals surface area (Å²) in [6.07, 6.45) is -13.2. The van der Waals surface area contributed by atoms with Gasteiger partial charge in [-0.3, -0.25) is 0 Å². The van der Waals surface area contributed by atoms with Crippen molar-refractivity contribution >= 4 is 0 Å². The van der Waals surface area contributed by atoms with E-state index in [1.54, 1.807) is 0 Å². The second-order valence-electron chi connectivity index (χ2n) is 3.26. The monoisotopic (exact) mass is 244 g/mol. The largest absolute Gasteiger partial charge is 0.454 e. The SMILES string of the molecule is CCC(C)(C(F)(F)F)C(F)(F)C(F)(F)F. The molecule has 8 heteroatoms. The van der Waals surface area contributed by atoms with E-state index in [0.717, 1.165) is 0 Å². The van der Waals surface area contributed by atoms with E-state index in [9.17, 15) is 35.1 Å². The van der Waals surface area contributed by atoms with Crippen LogP contribution in [-0.2, 0) is 0 Å². The highest BCUT2D eigenvalue weighted by molar-refractivity contribution is 4.98. The lowest BCUT2D eigenvalue weighted by Gasteiger charge is -2.38. The Labute approximate surface area is 80.3 Å². The van der Waals surface area contributed by atoms with Crippen LogP contribution < -0.4 is 0 Å². The lowest BCUT2D eigenvalue weighted by atomic mass is 9.79. The van der Waals surface area contributed by atoms with Gasteiger partial charge < -0.3 is 0 Å². The Hall–Kier alpha value is -0.560. The molecular formula is C7H8F8. The zero-order valence-corrected chi connectivity index (χ0v) is 7.73. The van der Waals surface area contributed by atoms with Crippen LogP contribution in [0, 0.1) is 5.41 Å². The van der Waals surface area contributed by atoms with Crippen molar-refractivity contribution in [2.45, 2.75) is 38.5 Å². The van der Waals surface area contributed by atoms with E-state index in [1.165, 1.54) is 0 Å². The van der Waals surface area contributed by atoms with Crippen molar-refractivity contribution in [1.29, 1.82) is 0 Å². The molecule has 0 saturated heterocycles. The van der Waals surface area contributed by atoms with Crippen molar-refractivity contribution in [3.05, 3.63) is 0 Å². The first-order valence-corrected chi connectivity index (χ1v) is 3.82. The molecule has 0 N–H and O–H groups in total. The standard InChI is InChI=1S/C7H8F8/c1-3-4(2,6(10,11)12)5(8,9)7(13,14)15/h3H2,1-2H3. The third-order valence-corrected chi connectivity index (χ3v) is 2.38. The highest BCUT2D eigenvalue weighted by atomic mass is 19.4. The van der Waals surface area contributed by atoms with Gasteiger partial charge in [0.1, 0.15) is 5.41 Å². The van der Waals surface area contributed by atoms with E-state index >= 15 is 0 Å². The van der Waals surface area contributed by atoms with E-state index in [-0.39, 0.29) is 6.92 Å². The van der Waals surface area contributed by atoms with Crippen molar-refractivity contribution in [1.82, 2.24) is 0 Å². The summed E-state index contributed by atoms with van der Waals surface area (Å²) in [5.41, 5.74) is -4.10. The number of hydrogen-bond acceptors (Lipinski definition) is 0. The first-order chi connectivity index (χ1) is 6.31. The Morgan fingerprint density at radius 3 is 1.13 bits per heavy atom. The molecule has 0 fully saturated rings. The summed E-state index contributed by atoms with van der Waals surface area (Å²) in [5, 5.41) is 0. The van der Waals surface area contributed by atoms with E-state index < -0.39 is 30.1 Å². The molecule has 0 heterocycles. The Kier molecular flexibility index (Phi) is 3.35. The molecule has 1 atom stereocenters. The zero-order chi connectivity index (χ0) is 12.7. The van der Waals surface area contributed by atoms with Gasteiger partial charge in [0.2, 0.25) is 0 Å². The van der Waals surface area contributed by atoms with Gasteiger partial charge >= 0.3 is 18.3 Å². The first-order valence-electron chi connectivity index (χ1n) is 3.82. The van der Waals surface area contributed by atoms with Crippen molar-refractivity contribution in [3.8, 4) is 0 Å². The summed E-state index contributed by atoms with van der Waals surface area (Å²) in [7, 11) is 0. The van der Waals surface area contributed by atoms with Crippen LogP contribution in [0.5, 0.6) is 0 Å². The molecule has 0 nitrogen and oxygen atoms in total. The molecule has 15 heavy (non-hydrogen) atoms. The number of hydrogen-bond donors (Lipinski definition) is 0. The van der Waals surface area contributed by atoms with Crippen molar-refractivity contribution < 1.29 is 35.1 Å². The zero-order valence-electron chi connectivity index (χ0n) is 7.73. The molecule has 0 aromatic heterocycles. The van der Waals surface area contributed by atoms with Crippen molar-refractivity contribution in [2.75, 3.05) is 0 Å². The lowest BCUT2D eigenvalue weighted by Crippen LogP contribution is -2.57. The van der Waals surface area contributed by atoms with Crippen molar-refractivity contribution in [2.24, 2.45) is 5.41 Å². The lowest BCUT2D eigenvalue weighted by molar-refractivity contribution is -0.380. The fourth-order valence-corrected chi connectivity index (χ4v) is 0.913. The molecule has 0 rings (SSSR count). The summed E-state index contributed by atoms with van der Waals surface area (Å²) < 4.78 is 97.1. The van der Waals surface area contributed by atoms with Gasteiger partial charge in [-0.2, -0.15) is 35.1 Å². The Morgan fingerprint density at radius 2 is 1.07 bits per heavy atom. The third-order valence-electron chi connectivity index (χ3n) is 2.38. The quantitative estimate of drug-likeness (QED) is 0.639. The van der Waals surface area contributed by atoms with Gasteiger partial charge in [-0.15, -0.1) is 0 Å². The summed E-state index contributed by atoms with van der Waals surface area (Å²) in [6, 6.07) is 0. The number of alkyl halides is 8. The molecule has 0 radical (unpaired) electrons. The second-order valence-corrected chi connectivity index (χ2v) is 3.26. The Bertz CT molecular complexity index is 224. The summed E-state index contributed by atoms with van der Waals surface area (Å²) in [4.78, 5) is 0. The van der Waals surface area contributed by atoms with Gasteiger partial charge in [0.05, 0.1) is 0 Å². The van der Waals surface area contributed by atoms with Crippen LogP contribution in [0.1, 0.15) is 20.3 Å². The summed E-state index contributed by atoms with van der Waals surface area (Å²) in [5.74, 6) is -5.80. The van der Waals surface area contributed by atoms with Gasteiger partial charge in [0.25, 0.3) is 0 Å². The van der Waals surface area contributed by atoms with Crippen LogP contribution in [0.4, 0.5) is 35.1 Å². The van der Waals surface area contributed by atoms with Crippen LogP contribution in [0.2, 0.25) is 0 Å². The minimum atomic E-state index is -6.22. The fraction of sp³-hybridized carbons (Fsp3) is 1.00. The van der Waals surface area contributed by atoms with Gasteiger partial charge in [-0.25, -0.2) is 0 Å². The maximum Gasteiger partial charge on any atom is 0.454 e. The molecule has 0 aliphatic rings. The van der Waals surface area contributed by atoms with E-state index in [2.05, 4.69) is 0 Å². The number of rotatable bonds is 2. The maximum absolute atomic E-state index is 12.6. The normalized spacial score (nSPS) is 18.8. The van der Waals surface area contributed by atoms with Crippen LogP contribution >= 0.6 is 0 Å². The highest BCUT2D eigenvalue weighted by Crippen LogP contribution is 2.57. The van der Waals surface area contributed by atoms with Gasteiger partial charge in [0, 0.05) is 0 Å². The Balaban J connectivity index is 5.50. The molecule has 0 aromatic rings. The maximum atomic E-state index is 12.6. The first kappa shape index (κ1) is 14.4. The summed E-state index contributed by atoms with van der Waals surface area (Å²) in [6.45, 7) is 0.494. The average Bonchev–Trinajstić information content (AvgIpc) is 1.98. The van der Waals surface area contributed by atoms with Crippen LogP contribution in [0.25, 0.3) is 0 Å². The minimum Gasteiger partial charge on any atom is -0.195 e. The predicted octanol–water partition coefficient (Wildman–Crippen LogP) is 4.16. The van der Waals surface area contributed by atoms with E-state index in [0.29, 0.717) is 6.92 Å². The molecule has 0 bridgehead atoms. The van der Waals surface area contributed by atoms with Gasteiger partial charge in [-0.1, -0.05) is 6.92 Å². The number of halogens is 8. The summed E-state index contributed by atoms with van der Waals surface area (Å²) >= 11 is 0.